The smallest absolute Gasteiger partial charge is 0.293 e. The number of amides is 1. The summed E-state index contributed by atoms with van der Waals surface area (Å²) in [6, 6.07) is 16.0. The zero-order valence-corrected chi connectivity index (χ0v) is 17.9. The van der Waals surface area contributed by atoms with Gasteiger partial charge in [0.15, 0.2) is 10.9 Å². The summed E-state index contributed by atoms with van der Waals surface area (Å²) in [5.74, 6) is 0.226. The van der Waals surface area contributed by atoms with E-state index in [0.717, 1.165) is 10.4 Å². The van der Waals surface area contributed by atoms with Gasteiger partial charge in [-0.25, -0.2) is 4.98 Å². The van der Waals surface area contributed by atoms with Gasteiger partial charge in [-0.1, -0.05) is 46.9 Å². The van der Waals surface area contributed by atoms with Crippen molar-refractivity contribution in [2.24, 2.45) is 0 Å². The first-order chi connectivity index (χ1) is 14.0. The third-order valence-corrected chi connectivity index (χ3v) is 5.78. The van der Waals surface area contributed by atoms with Crippen LogP contribution in [-0.2, 0) is 6.42 Å². The molecule has 0 atom stereocenters. The van der Waals surface area contributed by atoms with Crippen molar-refractivity contribution in [1.29, 1.82) is 0 Å². The second kappa shape index (κ2) is 8.59. The number of carbonyl (C=O) groups excluding carboxylic acids is 1. The molecule has 2 aromatic heterocycles. The summed E-state index contributed by atoms with van der Waals surface area (Å²) in [5, 5.41) is 4.95. The third-order valence-electron chi connectivity index (χ3n) is 4.07. The molecule has 4 rings (SSSR count). The summed E-state index contributed by atoms with van der Waals surface area (Å²) in [4.78, 5) is 17.8. The van der Waals surface area contributed by atoms with Gasteiger partial charge in [0, 0.05) is 33.1 Å². The van der Waals surface area contributed by atoms with Crippen LogP contribution in [0.5, 0.6) is 0 Å². The molecule has 0 bridgehead atoms. The summed E-state index contributed by atoms with van der Waals surface area (Å²) < 4.78 is 5.66. The molecule has 0 spiro atoms. The Morgan fingerprint density at radius 3 is 2.69 bits per heavy atom. The summed E-state index contributed by atoms with van der Waals surface area (Å²) >= 11 is 19.6. The lowest BCUT2D eigenvalue weighted by Crippen LogP contribution is -2.10. The van der Waals surface area contributed by atoms with Crippen LogP contribution in [0.1, 0.15) is 21.0 Å². The van der Waals surface area contributed by atoms with Crippen molar-refractivity contribution in [1.82, 2.24) is 4.98 Å². The molecule has 0 radical (unpaired) electrons. The molecule has 1 amide bonds. The number of nitrogens with one attached hydrogen (secondary N) is 1. The summed E-state index contributed by atoms with van der Waals surface area (Å²) in [6.45, 7) is 0. The number of thiazole rings is 1. The van der Waals surface area contributed by atoms with Gasteiger partial charge in [0.25, 0.3) is 5.91 Å². The maximum absolute atomic E-state index is 12.5. The van der Waals surface area contributed by atoms with E-state index in [-0.39, 0.29) is 5.76 Å². The Morgan fingerprint density at radius 2 is 1.86 bits per heavy atom. The van der Waals surface area contributed by atoms with E-state index in [9.17, 15) is 4.79 Å². The number of carbonyl (C=O) groups is 1. The first-order valence-corrected chi connectivity index (χ1v) is 10.5. The highest BCUT2D eigenvalue weighted by atomic mass is 35.5. The van der Waals surface area contributed by atoms with Crippen LogP contribution in [0.25, 0.3) is 11.3 Å². The van der Waals surface area contributed by atoms with Crippen LogP contribution in [0.3, 0.4) is 0 Å². The Bertz CT molecular complexity index is 1190. The van der Waals surface area contributed by atoms with Crippen LogP contribution >= 0.6 is 46.1 Å². The van der Waals surface area contributed by atoms with E-state index in [1.807, 2.05) is 24.3 Å². The maximum atomic E-state index is 12.5. The molecular formula is C21H13Cl3N2O2S. The van der Waals surface area contributed by atoms with Gasteiger partial charge in [-0.2, -0.15) is 0 Å². The van der Waals surface area contributed by atoms with Crippen LogP contribution in [0.2, 0.25) is 15.1 Å². The van der Waals surface area contributed by atoms with Crippen molar-refractivity contribution < 1.29 is 9.21 Å². The minimum Gasteiger partial charge on any atom is -0.451 e. The largest absolute Gasteiger partial charge is 0.451 e. The predicted molar refractivity (Wildman–Crippen MR) is 118 cm³/mol. The van der Waals surface area contributed by atoms with E-state index in [4.69, 9.17) is 39.2 Å². The van der Waals surface area contributed by atoms with E-state index in [1.54, 1.807) is 36.5 Å². The predicted octanol–water partition coefficient (Wildman–Crippen LogP) is 7.21. The molecule has 1 N–H and O–H groups in total. The van der Waals surface area contributed by atoms with Gasteiger partial charge in [-0.15, -0.1) is 11.3 Å². The van der Waals surface area contributed by atoms with Gasteiger partial charge in [-0.05, 0) is 48.0 Å². The molecule has 0 aliphatic carbocycles. The fourth-order valence-corrected chi connectivity index (χ4v) is 4.18. The molecule has 8 heteroatoms. The van der Waals surface area contributed by atoms with Crippen molar-refractivity contribution in [2.45, 2.75) is 6.42 Å². The minimum absolute atomic E-state index is 0.155. The van der Waals surface area contributed by atoms with E-state index in [2.05, 4.69) is 10.3 Å². The molecular weight excluding hydrogens is 451 g/mol. The number of hydrogen-bond acceptors (Lipinski definition) is 4. The first-order valence-electron chi connectivity index (χ1n) is 8.54. The van der Waals surface area contributed by atoms with E-state index < -0.39 is 5.91 Å². The monoisotopic (exact) mass is 462 g/mol. The molecule has 4 aromatic rings. The Morgan fingerprint density at radius 1 is 1.03 bits per heavy atom. The topological polar surface area (TPSA) is 55.1 Å². The molecule has 0 saturated heterocycles. The molecule has 0 fully saturated rings. The van der Waals surface area contributed by atoms with Crippen LogP contribution in [0.4, 0.5) is 5.13 Å². The minimum atomic E-state index is -0.391. The molecule has 0 aliphatic heterocycles. The average Bonchev–Trinajstić information content (AvgIpc) is 3.33. The highest BCUT2D eigenvalue weighted by Gasteiger charge is 2.16. The zero-order valence-electron chi connectivity index (χ0n) is 14.8. The lowest BCUT2D eigenvalue weighted by Gasteiger charge is -2.02. The Kier molecular flexibility index (Phi) is 5.92. The number of furan rings is 1. The number of benzene rings is 2. The van der Waals surface area contributed by atoms with Gasteiger partial charge in [-0.3, -0.25) is 10.1 Å². The quantitative estimate of drug-likeness (QED) is 0.340. The molecule has 0 unspecified atom stereocenters. The van der Waals surface area contributed by atoms with Gasteiger partial charge in [0.2, 0.25) is 0 Å². The maximum Gasteiger partial charge on any atom is 0.293 e. The number of aromatic nitrogens is 1. The Balaban J connectivity index is 1.46. The van der Waals surface area contributed by atoms with Crippen molar-refractivity contribution in [2.75, 3.05) is 5.32 Å². The standard InChI is InChI=1S/C21H13Cl3N2O2S/c22-13-3-1-2-12(8-13)9-15-11-25-21(29-15)26-20(27)19-7-6-18(28-19)16-10-14(23)4-5-17(16)24/h1-8,10-11H,9H2,(H,25,26,27). The molecule has 2 aromatic carbocycles. The van der Waals surface area contributed by atoms with E-state index in [1.165, 1.54) is 11.3 Å². The molecule has 2 heterocycles. The van der Waals surface area contributed by atoms with Gasteiger partial charge >= 0.3 is 0 Å². The number of anilines is 1. The fourth-order valence-electron chi connectivity index (χ4n) is 2.74. The Hall–Kier alpha value is -2.31. The summed E-state index contributed by atoms with van der Waals surface area (Å²) in [6.07, 6.45) is 2.42. The van der Waals surface area contributed by atoms with Crippen molar-refractivity contribution in [3.63, 3.8) is 0 Å². The fraction of sp³-hybridized carbons (Fsp3) is 0.0476. The molecule has 146 valence electrons. The normalized spacial score (nSPS) is 10.9. The van der Waals surface area contributed by atoms with Crippen LogP contribution < -0.4 is 5.32 Å². The summed E-state index contributed by atoms with van der Waals surface area (Å²) in [7, 11) is 0. The van der Waals surface area contributed by atoms with E-state index >= 15 is 0 Å². The number of rotatable bonds is 5. The average molecular weight is 464 g/mol. The second-order valence-corrected chi connectivity index (χ2v) is 8.58. The third kappa shape index (κ3) is 4.82. The van der Waals surface area contributed by atoms with E-state index in [0.29, 0.717) is 37.9 Å². The van der Waals surface area contributed by atoms with Crippen LogP contribution in [0.15, 0.2) is 65.2 Å². The zero-order chi connectivity index (χ0) is 20.4. The molecule has 0 aliphatic rings. The van der Waals surface area contributed by atoms with Gasteiger partial charge in [0.05, 0.1) is 5.02 Å². The number of halogens is 3. The first kappa shape index (κ1) is 20.0. The Labute approximate surface area is 186 Å². The molecule has 4 nitrogen and oxygen atoms in total. The molecule has 0 saturated carbocycles. The van der Waals surface area contributed by atoms with Crippen LogP contribution in [-0.4, -0.2) is 10.9 Å². The lowest BCUT2D eigenvalue weighted by atomic mass is 10.1. The van der Waals surface area contributed by atoms with Gasteiger partial charge < -0.3 is 4.42 Å². The number of hydrogen-bond donors (Lipinski definition) is 1. The van der Waals surface area contributed by atoms with Gasteiger partial charge in [0.1, 0.15) is 5.76 Å². The number of nitrogens with zero attached hydrogens (tertiary/aromatic N) is 1. The van der Waals surface area contributed by atoms with Crippen molar-refractivity contribution in [3.05, 3.63) is 92.1 Å². The highest BCUT2D eigenvalue weighted by Crippen LogP contribution is 2.32. The SMILES string of the molecule is O=C(Nc1ncc(Cc2cccc(Cl)c2)s1)c1ccc(-c2cc(Cl)ccc2Cl)o1. The highest BCUT2D eigenvalue weighted by molar-refractivity contribution is 7.15. The molecule has 29 heavy (non-hydrogen) atoms. The van der Waals surface area contributed by atoms with Crippen molar-refractivity contribution in [3.8, 4) is 11.3 Å². The van der Waals surface area contributed by atoms with Crippen molar-refractivity contribution >= 4 is 57.2 Å². The summed E-state index contributed by atoms with van der Waals surface area (Å²) in [5.41, 5.74) is 1.70. The lowest BCUT2D eigenvalue weighted by molar-refractivity contribution is 0.0997. The second-order valence-electron chi connectivity index (χ2n) is 6.18. The van der Waals surface area contributed by atoms with Crippen LogP contribution in [0, 0.1) is 0 Å².